The summed E-state index contributed by atoms with van der Waals surface area (Å²) >= 11 is 1.62. The molecule has 2 aromatic heterocycles. The second-order valence-corrected chi connectivity index (χ2v) is 7.61. The van der Waals surface area contributed by atoms with Crippen LogP contribution in [0.5, 0.6) is 11.5 Å². The maximum Gasteiger partial charge on any atom is 0.290 e. The van der Waals surface area contributed by atoms with Crippen LogP contribution in [0.25, 0.3) is 11.0 Å². The van der Waals surface area contributed by atoms with Crippen molar-refractivity contribution in [1.29, 1.82) is 0 Å². The Morgan fingerprint density at radius 2 is 1.79 bits per heavy atom. The fourth-order valence-corrected chi connectivity index (χ4v) is 3.95. The number of carbonyl (C=O) groups excluding carboxylic acids is 1. The van der Waals surface area contributed by atoms with Crippen LogP contribution in [-0.4, -0.2) is 25.0 Å². The lowest BCUT2D eigenvalue weighted by molar-refractivity contribution is 0.0701. The summed E-state index contributed by atoms with van der Waals surface area (Å²) in [6.07, 6.45) is 0. The summed E-state index contributed by atoms with van der Waals surface area (Å²) in [6, 6.07) is 19.1. The molecule has 29 heavy (non-hydrogen) atoms. The molecule has 0 saturated heterocycles. The summed E-state index contributed by atoms with van der Waals surface area (Å²) in [5.74, 6) is 1.48. The Bertz CT molecular complexity index is 1080. The van der Waals surface area contributed by atoms with Crippen molar-refractivity contribution in [2.45, 2.75) is 13.1 Å². The number of rotatable bonds is 7. The summed E-state index contributed by atoms with van der Waals surface area (Å²) in [5.41, 5.74) is 1.65. The van der Waals surface area contributed by atoms with Gasteiger partial charge in [-0.15, -0.1) is 11.3 Å². The van der Waals surface area contributed by atoms with Crippen molar-refractivity contribution in [2.24, 2.45) is 0 Å². The maximum atomic E-state index is 13.3. The van der Waals surface area contributed by atoms with Crippen molar-refractivity contribution in [2.75, 3.05) is 14.2 Å². The lowest BCUT2D eigenvalue weighted by atomic mass is 10.1. The van der Waals surface area contributed by atoms with Crippen LogP contribution in [0, 0.1) is 0 Å². The lowest BCUT2D eigenvalue weighted by Gasteiger charge is -2.22. The molecule has 0 atom stereocenters. The quantitative estimate of drug-likeness (QED) is 0.414. The Kier molecular flexibility index (Phi) is 5.53. The molecule has 148 valence electrons. The number of carbonyl (C=O) groups is 1. The van der Waals surface area contributed by atoms with E-state index in [9.17, 15) is 4.79 Å². The molecule has 0 aliphatic rings. The van der Waals surface area contributed by atoms with Gasteiger partial charge in [-0.25, -0.2) is 0 Å². The van der Waals surface area contributed by atoms with Crippen LogP contribution in [0.3, 0.4) is 0 Å². The molecule has 0 radical (unpaired) electrons. The average molecular weight is 407 g/mol. The zero-order valence-electron chi connectivity index (χ0n) is 16.3. The number of para-hydroxylation sites is 1. The van der Waals surface area contributed by atoms with Crippen molar-refractivity contribution in [1.82, 2.24) is 4.90 Å². The second kappa shape index (κ2) is 8.41. The van der Waals surface area contributed by atoms with Crippen LogP contribution < -0.4 is 9.47 Å². The highest BCUT2D eigenvalue weighted by molar-refractivity contribution is 7.09. The van der Waals surface area contributed by atoms with Crippen molar-refractivity contribution in [3.63, 3.8) is 0 Å². The Hall–Kier alpha value is -3.25. The predicted octanol–water partition coefficient (Wildman–Crippen LogP) is 5.35. The minimum atomic E-state index is -0.149. The van der Waals surface area contributed by atoms with Crippen molar-refractivity contribution >= 4 is 28.2 Å². The zero-order chi connectivity index (χ0) is 20.2. The molecule has 0 fully saturated rings. The van der Waals surface area contributed by atoms with Crippen LogP contribution in [-0.2, 0) is 13.1 Å². The van der Waals surface area contributed by atoms with E-state index in [2.05, 4.69) is 0 Å². The highest BCUT2D eigenvalue weighted by atomic mass is 32.1. The van der Waals surface area contributed by atoms with Gasteiger partial charge in [-0.2, -0.15) is 0 Å². The summed E-state index contributed by atoms with van der Waals surface area (Å²) in [5, 5.41) is 2.92. The lowest BCUT2D eigenvalue weighted by Crippen LogP contribution is -2.29. The molecule has 0 saturated carbocycles. The third-order valence-corrected chi connectivity index (χ3v) is 5.53. The van der Waals surface area contributed by atoms with E-state index in [0.29, 0.717) is 35.9 Å². The molecule has 0 bridgehead atoms. The molecule has 6 heteroatoms. The highest BCUT2D eigenvalue weighted by Crippen LogP contribution is 2.29. The Morgan fingerprint density at radius 3 is 2.52 bits per heavy atom. The van der Waals surface area contributed by atoms with Gasteiger partial charge in [0.15, 0.2) is 17.3 Å². The molecule has 2 heterocycles. The second-order valence-electron chi connectivity index (χ2n) is 6.58. The normalized spacial score (nSPS) is 10.8. The first-order valence-electron chi connectivity index (χ1n) is 9.19. The molecule has 2 aromatic carbocycles. The van der Waals surface area contributed by atoms with Gasteiger partial charge in [-0.3, -0.25) is 4.79 Å². The van der Waals surface area contributed by atoms with Gasteiger partial charge in [0, 0.05) is 16.8 Å². The number of methoxy groups -OCH3 is 2. The Morgan fingerprint density at radius 1 is 0.966 bits per heavy atom. The molecule has 1 amide bonds. The van der Waals surface area contributed by atoms with Gasteiger partial charge in [0.2, 0.25) is 0 Å². The minimum Gasteiger partial charge on any atom is -0.493 e. The topological polar surface area (TPSA) is 51.9 Å². The number of benzene rings is 2. The highest BCUT2D eigenvalue weighted by Gasteiger charge is 2.21. The molecule has 5 nitrogen and oxygen atoms in total. The van der Waals surface area contributed by atoms with Crippen molar-refractivity contribution < 1.29 is 18.7 Å². The van der Waals surface area contributed by atoms with Gasteiger partial charge < -0.3 is 18.8 Å². The van der Waals surface area contributed by atoms with Gasteiger partial charge in [-0.05, 0) is 41.3 Å². The van der Waals surface area contributed by atoms with E-state index in [-0.39, 0.29) is 5.91 Å². The Labute approximate surface area is 173 Å². The first kappa shape index (κ1) is 19.1. The molecule has 4 aromatic rings. The monoisotopic (exact) mass is 407 g/mol. The number of hydrogen-bond donors (Lipinski definition) is 0. The third kappa shape index (κ3) is 4.12. The van der Waals surface area contributed by atoms with Gasteiger partial charge in [0.05, 0.1) is 20.8 Å². The van der Waals surface area contributed by atoms with Gasteiger partial charge >= 0.3 is 0 Å². The fourth-order valence-electron chi connectivity index (χ4n) is 3.23. The number of nitrogens with zero attached hydrogens (tertiary/aromatic N) is 1. The van der Waals surface area contributed by atoms with Crippen molar-refractivity contribution in [3.05, 3.63) is 82.2 Å². The van der Waals surface area contributed by atoms with Crippen LogP contribution in [0.15, 0.2) is 70.5 Å². The molecule has 4 rings (SSSR count). The largest absolute Gasteiger partial charge is 0.493 e. The van der Waals surface area contributed by atoms with Gasteiger partial charge in [0.1, 0.15) is 5.58 Å². The summed E-state index contributed by atoms with van der Waals surface area (Å²) in [6.45, 7) is 0.927. The van der Waals surface area contributed by atoms with E-state index in [1.54, 1.807) is 36.5 Å². The van der Waals surface area contributed by atoms with Crippen LogP contribution >= 0.6 is 11.3 Å². The first-order valence-corrected chi connectivity index (χ1v) is 10.1. The maximum absolute atomic E-state index is 13.3. The molecule has 0 spiro atoms. The SMILES string of the molecule is COc1ccc(CN(Cc2cccs2)C(=O)c2cc3ccccc3o2)cc1OC. The molecular weight excluding hydrogens is 386 g/mol. The number of fused-ring (bicyclic) bond motifs is 1. The van der Waals surface area contributed by atoms with Gasteiger partial charge in [0.25, 0.3) is 5.91 Å². The minimum absolute atomic E-state index is 0.149. The van der Waals surface area contributed by atoms with Crippen LogP contribution in [0.4, 0.5) is 0 Å². The molecule has 0 aliphatic carbocycles. The van der Waals surface area contributed by atoms with E-state index in [4.69, 9.17) is 13.9 Å². The van der Waals surface area contributed by atoms with Gasteiger partial charge in [-0.1, -0.05) is 30.3 Å². The third-order valence-electron chi connectivity index (χ3n) is 4.67. The molecule has 0 N–H and O–H groups in total. The zero-order valence-corrected chi connectivity index (χ0v) is 17.1. The standard InChI is InChI=1S/C23H21NO4S/c1-26-20-10-9-16(12-21(20)27-2)14-24(15-18-7-5-11-29-18)23(25)22-13-17-6-3-4-8-19(17)28-22/h3-13H,14-15H2,1-2H3. The molecular formula is C23H21NO4S. The number of furan rings is 1. The summed E-state index contributed by atoms with van der Waals surface area (Å²) in [7, 11) is 3.20. The van der Waals surface area contributed by atoms with E-state index in [0.717, 1.165) is 15.8 Å². The summed E-state index contributed by atoms with van der Waals surface area (Å²) in [4.78, 5) is 16.2. The number of amides is 1. The first-order chi connectivity index (χ1) is 14.2. The van der Waals surface area contributed by atoms with E-state index >= 15 is 0 Å². The molecule has 0 aliphatic heterocycles. The number of hydrogen-bond acceptors (Lipinski definition) is 5. The average Bonchev–Trinajstić information content (AvgIpc) is 3.42. The fraction of sp³-hybridized carbons (Fsp3) is 0.174. The summed E-state index contributed by atoms with van der Waals surface area (Å²) < 4.78 is 16.5. The molecule has 0 unspecified atom stereocenters. The van der Waals surface area contributed by atoms with Crippen molar-refractivity contribution in [3.8, 4) is 11.5 Å². The number of ether oxygens (including phenoxy) is 2. The Balaban J connectivity index is 1.65. The van der Waals surface area contributed by atoms with Crippen LogP contribution in [0.2, 0.25) is 0 Å². The predicted molar refractivity (Wildman–Crippen MR) is 114 cm³/mol. The van der Waals surface area contributed by atoms with E-state index < -0.39 is 0 Å². The number of thiophene rings is 1. The van der Waals surface area contributed by atoms with Crippen LogP contribution in [0.1, 0.15) is 21.0 Å². The van der Waals surface area contributed by atoms with E-state index in [1.807, 2.05) is 60.0 Å². The smallest absolute Gasteiger partial charge is 0.290 e. The van der Waals surface area contributed by atoms with E-state index in [1.165, 1.54) is 0 Å².